The van der Waals surface area contributed by atoms with E-state index in [0.717, 1.165) is 22.5 Å². The fourth-order valence-corrected chi connectivity index (χ4v) is 2.32. The van der Waals surface area contributed by atoms with Gasteiger partial charge in [0.25, 0.3) is 0 Å². The summed E-state index contributed by atoms with van der Waals surface area (Å²) >= 11 is 0. The number of ether oxygens (including phenoxy) is 1. The van der Waals surface area contributed by atoms with Crippen molar-refractivity contribution in [3.63, 3.8) is 0 Å². The van der Waals surface area contributed by atoms with Gasteiger partial charge in [-0.25, -0.2) is 0 Å². The quantitative estimate of drug-likeness (QED) is 0.697. The van der Waals surface area contributed by atoms with Crippen molar-refractivity contribution in [2.45, 2.75) is 19.4 Å². The van der Waals surface area contributed by atoms with Crippen LogP contribution in [0, 0.1) is 0 Å². The first-order valence-corrected chi connectivity index (χ1v) is 7.59. The van der Waals surface area contributed by atoms with Crippen LogP contribution in [0.1, 0.15) is 17.5 Å². The van der Waals surface area contributed by atoms with Crippen molar-refractivity contribution in [2.24, 2.45) is 0 Å². The zero-order valence-corrected chi connectivity index (χ0v) is 13.0. The lowest BCUT2D eigenvalue weighted by molar-refractivity contribution is -0.136. The number of carboxylic acids is 1. The van der Waals surface area contributed by atoms with Crippen molar-refractivity contribution in [2.75, 3.05) is 0 Å². The van der Waals surface area contributed by atoms with E-state index in [1.54, 1.807) is 12.4 Å². The maximum Gasteiger partial charge on any atom is 0.303 e. The number of aromatic nitrogens is 3. The standard InChI is InChI=1S/C18H17N3O3/c22-18(23)7-4-13-2-1-3-14(10-13)12-24-15-5-6-16(19-11-15)17-8-9-20-21-17/h1-3,5-6,8-11H,4,7,12H2,(H,20,21)(H,22,23). The van der Waals surface area contributed by atoms with Crippen LogP contribution in [0.3, 0.4) is 0 Å². The molecular weight excluding hydrogens is 306 g/mol. The van der Waals surface area contributed by atoms with Crippen LogP contribution in [0.15, 0.2) is 54.9 Å². The summed E-state index contributed by atoms with van der Waals surface area (Å²) in [5.74, 6) is -0.116. The molecule has 0 fully saturated rings. The Balaban J connectivity index is 1.59. The van der Waals surface area contributed by atoms with Gasteiger partial charge in [0.1, 0.15) is 12.4 Å². The highest BCUT2D eigenvalue weighted by Crippen LogP contribution is 2.18. The second kappa shape index (κ2) is 7.41. The summed E-state index contributed by atoms with van der Waals surface area (Å²) in [4.78, 5) is 15.0. The SMILES string of the molecule is O=C(O)CCc1cccc(COc2ccc(-c3ccn[nH]3)nc2)c1. The minimum absolute atomic E-state index is 0.128. The summed E-state index contributed by atoms with van der Waals surface area (Å²) < 4.78 is 5.74. The van der Waals surface area contributed by atoms with Gasteiger partial charge >= 0.3 is 5.97 Å². The Labute approximate surface area is 139 Å². The van der Waals surface area contributed by atoms with Crippen LogP contribution in [-0.4, -0.2) is 26.3 Å². The molecule has 0 spiro atoms. The molecule has 2 aromatic heterocycles. The minimum Gasteiger partial charge on any atom is -0.487 e. The van der Waals surface area contributed by atoms with Gasteiger partial charge in [-0.1, -0.05) is 24.3 Å². The molecule has 3 rings (SSSR count). The Kier molecular flexibility index (Phi) is 4.86. The molecule has 6 heteroatoms. The van der Waals surface area contributed by atoms with Crippen molar-refractivity contribution in [1.29, 1.82) is 0 Å². The fraction of sp³-hybridized carbons (Fsp3) is 0.167. The van der Waals surface area contributed by atoms with Gasteiger partial charge in [-0.15, -0.1) is 0 Å². The molecule has 0 amide bonds. The number of nitrogens with one attached hydrogen (secondary N) is 1. The van der Waals surface area contributed by atoms with Crippen LogP contribution >= 0.6 is 0 Å². The maximum absolute atomic E-state index is 10.6. The third-order valence-corrected chi connectivity index (χ3v) is 3.54. The van der Waals surface area contributed by atoms with Gasteiger partial charge < -0.3 is 9.84 Å². The molecule has 0 aliphatic rings. The zero-order chi connectivity index (χ0) is 16.8. The highest BCUT2D eigenvalue weighted by atomic mass is 16.5. The largest absolute Gasteiger partial charge is 0.487 e. The average molecular weight is 323 g/mol. The molecule has 122 valence electrons. The Morgan fingerprint density at radius 1 is 1.17 bits per heavy atom. The second-order valence-electron chi connectivity index (χ2n) is 5.35. The molecular formula is C18H17N3O3. The number of pyridine rings is 1. The maximum atomic E-state index is 10.6. The van der Waals surface area contributed by atoms with Crippen molar-refractivity contribution >= 4 is 5.97 Å². The third kappa shape index (κ3) is 4.19. The number of hydrogen-bond donors (Lipinski definition) is 2. The van der Waals surface area contributed by atoms with E-state index in [-0.39, 0.29) is 6.42 Å². The number of aromatic amines is 1. The van der Waals surface area contributed by atoms with Crippen LogP contribution in [0.4, 0.5) is 0 Å². The van der Waals surface area contributed by atoms with Crippen molar-refractivity contribution in [3.8, 4) is 17.1 Å². The first-order chi connectivity index (χ1) is 11.7. The number of aliphatic carboxylic acids is 1. The summed E-state index contributed by atoms with van der Waals surface area (Å²) in [6.07, 6.45) is 4.00. The first-order valence-electron chi connectivity index (χ1n) is 7.59. The average Bonchev–Trinajstić information content (AvgIpc) is 3.14. The molecule has 0 radical (unpaired) electrons. The molecule has 0 aliphatic carbocycles. The van der Waals surface area contributed by atoms with Crippen LogP contribution < -0.4 is 4.74 Å². The minimum atomic E-state index is -0.792. The van der Waals surface area contributed by atoms with Crippen LogP contribution in [0.5, 0.6) is 5.75 Å². The smallest absolute Gasteiger partial charge is 0.303 e. The van der Waals surface area contributed by atoms with Crippen molar-refractivity contribution < 1.29 is 14.6 Å². The number of carbonyl (C=O) groups is 1. The summed E-state index contributed by atoms with van der Waals surface area (Å²) in [6.45, 7) is 0.409. The van der Waals surface area contributed by atoms with Crippen LogP contribution in [0.25, 0.3) is 11.4 Å². The molecule has 0 saturated heterocycles. The van der Waals surface area contributed by atoms with Gasteiger partial charge in [0.15, 0.2) is 0 Å². The van der Waals surface area contributed by atoms with Crippen molar-refractivity contribution in [3.05, 3.63) is 66.0 Å². The van der Waals surface area contributed by atoms with Gasteiger partial charge in [-0.3, -0.25) is 14.9 Å². The molecule has 0 atom stereocenters. The van der Waals surface area contributed by atoms with E-state index in [9.17, 15) is 4.79 Å². The number of benzene rings is 1. The monoisotopic (exact) mass is 323 g/mol. The van der Waals surface area contributed by atoms with E-state index in [4.69, 9.17) is 9.84 Å². The van der Waals surface area contributed by atoms with Gasteiger partial charge in [-0.2, -0.15) is 5.10 Å². The molecule has 0 aliphatic heterocycles. The fourth-order valence-electron chi connectivity index (χ4n) is 2.32. The molecule has 0 saturated carbocycles. The Morgan fingerprint density at radius 3 is 2.75 bits per heavy atom. The Morgan fingerprint density at radius 2 is 2.04 bits per heavy atom. The van der Waals surface area contributed by atoms with Crippen LogP contribution in [-0.2, 0) is 17.8 Å². The summed E-state index contributed by atoms with van der Waals surface area (Å²) in [5.41, 5.74) is 3.64. The lowest BCUT2D eigenvalue weighted by atomic mass is 10.1. The van der Waals surface area contributed by atoms with Gasteiger partial charge in [0.2, 0.25) is 0 Å². The van der Waals surface area contributed by atoms with Gasteiger partial charge in [0.05, 0.1) is 17.6 Å². The van der Waals surface area contributed by atoms with E-state index in [0.29, 0.717) is 18.8 Å². The van der Waals surface area contributed by atoms with Crippen molar-refractivity contribution in [1.82, 2.24) is 15.2 Å². The predicted octanol–water partition coefficient (Wildman–Crippen LogP) is 3.07. The van der Waals surface area contributed by atoms with E-state index < -0.39 is 5.97 Å². The van der Waals surface area contributed by atoms with E-state index in [1.807, 2.05) is 42.5 Å². The summed E-state index contributed by atoms with van der Waals surface area (Å²) in [7, 11) is 0. The van der Waals surface area contributed by atoms with Crippen LogP contribution in [0.2, 0.25) is 0 Å². The molecule has 6 nitrogen and oxygen atoms in total. The molecule has 2 heterocycles. The van der Waals surface area contributed by atoms with E-state index in [1.165, 1.54) is 0 Å². The first kappa shape index (κ1) is 15.7. The number of aryl methyl sites for hydroxylation is 1. The predicted molar refractivity (Wildman–Crippen MR) is 88.5 cm³/mol. The molecule has 2 N–H and O–H groups in total. The molecule has 1 aromatic carbocycles. The zero-order valence-electron chi connectivity index (χ0n) is 13.0. The van der Waals surface area contributed by atoms with E-state index >= 15 is 0 Å². The lowest BCUT2D eigenvalue weighted by Gasteiger charge is -2.08. The third-order valence-electron chi connectivity index (χ3n) is 3.54. The normalized spacial score (nSPS) is 10.5. The number of hydrogen-bond acceptors (Lipinski definition) is 4. The Hall–Kier alpha value is -3.15. The Bertz CT molecular complexity index is 799. The highest BCUT2D eigenvalue weighted by Gasteiger charge is 2.03. The second-order valence-corrected chi connectivity index (χ2v) is 5.35. The highest BCUT2D eigenvalue weighted by molar-refractivity contribution is 5.67. The molecule has 0 unspecified atom stereocenters. The number of rotatable bonds is 7. The molecule has 24 heavy (non-hydrogen) atoms. The summed E-state index contributed by atoms with van der Waals surface area (Å²) in [5, 5.41) is 15.5. The summed E-state index contributed by atoms with van der Waals surface area (Å²) in [6, 6.07) is 13.3. The number of H-pyrrole nitrogens is 1. The number of nitrogens with zero attached hydrogens (tertiary/aromatic N) is 2. The molecule has 3 aromatic rings. The molecule has 0 bridgehead atoms. The van der Waals surface area contributed by atoms with E-state index in [2.05, 4.69) is 15.2 Å². The van der Waals surface area contributed by atoms with Gasteiger partial charge in [0, 0.05) is 12.6 Å². The number of carboxylic acid groups (broad SMARTS) is 1. The lowest BCUT2D eigenvalue weighted by Crippen LogP contribution is -2.00. The topological polar surface area (TPSA) is 88.1 Å². The van der Waals surface area contributed by atoms with Gasteiger partial charge in [-0.05, 0) is 35.7 Å².